The van der Waals surface area contributed by atoms with Crippen LogP contribution < -0.4 is 5.32 Å². The highest BCUT2D eigenvalue weighted by molar-refractivity contribution is 9.10. The van der Waals surface area contributed by atoms with Gasteiger partial charge in [-0.1, -0.05) is 0 Å². The molecule has 7 heteroatoms. The fourth-order valence-electron chi connectivity index (χ4n) is 2.36. The fourth-order valence-corrected chi connectivity index (χ4v) is 2.95. The van der Waals surface area contributed by atoms with E-state index in [-0.39, 0.29) is 11.2 Å². The molecular formula is C13H15BrClF3N2. The van der Waals surface area contributed by atoms with Crippen molar-refractivity contribution in [1.82, 2.24) is 4.98 Å². The summed E-state index contributed by atoms with van der Waals surface area (Å²) in [5.74, 6) is 0.255. The first kappa shape index (κ1) is 15.9. The van der Waals surface area contributed by atoms with Crippen molar-refractivity contribution in [3.05, 3.63) is 22.3 Å². The zero-order valence-corrected chi connectivity index (χ0v) is 13.0. The SMILES string of the molecule is FC(F)(F)c1cc(Br)cnc1NCC1CCC(Cl)CC1. The van der Waals surface area contributed by atoms with Gasteiger partial charge in [-0.05, 0) is 53.6 Å². The maximum Gasteiger partial charge on any atom is 0.419 e. The zero-order valence-electron chi connectivity index (χ0n) is 10.7. The first-order chi connectivity index (χ1) is 9.36. The van der Waals surface area contributed by atoms with Gasteiger partial charge in [-0.15, -0.1) is 11.6 Å². The van der Waals surface area contributed by atoms with Crippen molar-refractivity contribution < 1.29 is 13.2 Å². The summed E-state index contributed by atoms with van der Waals surface area (Å²) in [6, 6.07) is 1.05. The Morgan fingerprint density at radius 2 is 1.95 bits per heavy atom. The Hall–Kier alpha value is -0.490. The smallest absolute Gasteiger partial charge is 0.369 e. The molecule has 0 bridgehead atoms. The van der Waals surface area contributed by atoms with Crippen LogP contribution in [0, 0.1) is 5.92 Å². The first-order valence-electron chi connectivity index (χ1n) is 6.47. The van der Waals surface area contributed by atoms with Crippen LogP contribution in [0.4, 0.5) is 19.0 Å². The minimum absolute atomic E-state index is 0.103. The summed E-state index contributed by atoms with van der Waals surface area (Å²) >= 11 is 9.03. The number of anilines is 1. The Balaban J connectivity index is 2.02. The molecule has 2 rings (SSSR count). The van der Waals surface area contributed by atoms with Crippen molar-refractivity contribution in [3.63, 3.8) is 0 Å². The summed E-state index contributed by atoms with van der Waals surface area (Å²) in [7, 11) is 0. The predicted molar refractivity (Wildman–Crippen MR) is 77.0 cm³/mol. The second-order valence-corrected chi connectivity index (χ2v) is 6.58. The molecule has 1 heterocycles. The van der Waals surface area contributed by atoms with Gasteiger partial charge < -0.3 is 5.32 Å². The molecule has 0 spiro atoms. The lowest BCUT2D eigenvalue weighted by Gasteiger charge is -2.25. The molecule has 0 unspecified atom stereocenters. The van der Waals surface area contributed by atoms with E-state index in [1.54, 1.807) is 0 Å². The van der Waals surface area contributed by atoms with E-state index in [4.69, 9.17) is 11.6 Å². The maximum absolute atomic E-state index is 12.9. The van der Waals surface area contributed by atoms with E-state index >= 15 is 0 Å². The Morgan fingerprint density at radius 1 is 1.30 bits per heavy atom. The Labute approximate surface area is 129 Å². The molecule has 1 aliphatic rings. The van der Waals surface area contributed by atoms with E-state index in [2.05, 4.69) is 26.2 Å². The molecule has 1 aliphatic carbocycles. The molecule has 20 heavy (non-hydrogen) atoms. The van der Waals surface area contributed by atoms with Crippen molar-refractivity contribution >= 4 is 33.3 Å². The number of rotatable bonds is 3. The second-order valence-electron chi connectivity index (χ2n) is 5.05. The van der Waals surface area contributed by atoms with Crippen LogP contribution in [0.3, 0.4) is 0 Å². The van der Waals surface area contributed by atoms with Crippen LogP contribution in [0.5, 0.6) is 0 Å². The molecule has 0 amide bonds. The summed E-state index contributed by atoms with van der Waals surface area (Å²) in [5, 5.41) is 3.05. The third kappa shape index (κ3) is 4.25. The maximum atomic E-state index is 12.9. The van der Waals surface area contributed by atoms with E-state index in [0.717, 1.165) is 31.7 Å². The number of hydrogen-bond donors (Lipinski definition) is 1. The van der Waals surface area contributed by atoms with Crippen LogP contribution in [-0.2, 0) is 6.18 Å². The van der Waals surface area contributed by atoms with Crippen molar-refractivity contribution in [2.75, 3.05) is 11.9 Å². The van der Waals surface area contributed by atoms with Crippen LogP contribution in [0.25, 0.3) is 0 Å². The van der Waals surface area contributed by atoms with Gasteiger partial charge in [0.2, 0.25) is 0 Å². The molecule has 0 saturated heterocycles. The van der Waals surface area contributed by atoms with Crippen LogP contribution in [0.1, 0.15) is 31.2 Å². The van der Waals surface area contributed by atoms with Crippen molar-refractivity contribution in [2.45, 2.75) is 37.2 Å². The van der Waals surface area contributed by atoms with Crippen LogP contribution in [-0.4, -0.2) is 16.9 Å². The van der Waals surface area contributed by atoms with Gasteiger partial charge in [-0.25, -0.2) is 4.98 Å². The Morgan fingerprint density at radius 3 is 2.55 bits per heavy atom. The molecule has 0 radical (unpaired) electrons. The van der Waals surface area contributed by atoms with Gasteiger partial charge in [-0.3, -0.25) is 0 Å². The Bertz CT molecular complexity index is 459. The molecule has 0 aromatic carbocycles. The summed E-state index contributed by atoms with van der Waals surface area (Å²) < 4.78 is 39.1. The van der Waals surface area contributed by atoms with E-state index in [9.17, 15) is 13.2 Å². The highest BCUT2D eigenvalue weighted by Crippen LogP contribution is 2.36. The van der Waals surface area contributed by atoms with Crippen LogP contribution >= 0.6 is 27.5 Å². The first-order valence-corrected chi connectivity index (χ1v) is 7.70. The van der Waals surface area contributed by atoms with Crippen LogP contribution in [0.15, 0.2) is 16.7 Å². The molecule has 1 aromatic rings. The molecule has 2 nitrogen and oxygen atoms in total. The van der Waals surface area contributed by atoms with Gasteiger partial charge in [0.15, 0.2) is 0 Å². The van der Waals surface area contributed by atoms with Crippen LogP contribution in [0.2, 0.25) is 0 Å². The third-order valence-electron chi connectivity index (χ3n) is 3.49. The lowest BCUT2D eigenvalue weighted by atomic mass is 9.89. The average molecular weight is 372 g/mol. The van der Waals surface area contributed by atoms with Gasteiger partial charge in [0, 0.05) is 22.6 Å². The molecule has 1 aromatic heterocycles. The third-order valence-corrected chi connectivity index (χ3v) is 4.36. The molecule has 1 saturated carbocycles. The summed E-state index contributed by atoms with van der Waals surface area (Å²) in [4.78, 5) is 3.84. The molecule has 112 valence electrons. The number of aromatic nitrogens is 1. The van der Waals surface area contributed by atoms with Gasteiger partial charge >= 0.3 is 6.18 Å². The Kier molecular flexibility index (Phi) is 5.18. The average Bonchev–Trinajstić information content (AvgIpc) is 2.38. The summed E-state index contributed by atoms with van der Waals surface area (Å²) in [6.45, 7) is 0.501. The fraction of sp³-hybridized carbons (Fsp3) is 0.615. The van der Waals surface area contributed by atoms with E-state index in [1.807, 2.05) is 0 Å². The zero-order chi connectivity index (χ0) is 14.8. The normalized spacial score (nSPS) is 23.6. The lowest BCUT2D eigenvalue weighted by molar-refractivity contribution is -0.137. The molecule has 0 atom stereocenters. The number of nitrogens with zero attached hydrogens (tertiary/aromatic N) is 1. The highest BCUT2D eigenvalue weighted by atomic mass is 79.9. The molecule has 1 N–H and O–H groups in total. The van der Waals surface area contributed by atoms with E-state index in [0.29, 0.717) is 16.9 Å². The van der Waals surface area contributed by atoms with Crippen molar-refractivity contribution in [2.24, 2.45) is 5.92 Å². The van der Waals surface area contributed by atoms with Gasteiger partial charge in [-0.2, -0.15) is 13.2 Å². The molecule has 0 aliphatic heterocycles. The predicted octanol–water partition coefficient (Wildman–Crippen LogP) is 5.07. The quantitative estimate of drug-likeness (QED) is 0.750. The van der Waals surface area contributed by atoms with Gasteiger partial charge in [0.05, 0.1) is 5.56 Å². The largest absolute Gasteiger partial charge is 0.419 e. The number of alkyl halides is 4. The van der Waals surface area contributed by atoms with Gasteiger partial charge in [0.1, 0.15) is 5.82 Å². The number of halogens is 5. The van der Waals surface area contributed by atoms with Crippen molar-refractivity contribution in [1.29, 1.82) is 0 Å². The summed E-state index contributed by atoms with van der Waals surface area (Å²) in [6.07, 6.45) is 0.694. The minimum atomic E-state index is -4.41. The number of nitrogens with one attached hydrogen (secondary N) is 1. The minimum Gasteiger partial charge on any atom is -0.369 e. The monoisotopic (exact) mass is 370 g/mol. The number of pyridine rings is 1. The van der Waals surface area contributed by atoms with Crippen molar-refractivity contribution in [3.8, 4) is 0 Å². The highest BCUT2D eigenvalue weighted by Gasteiger charge is 2.34. The lowest BCUT2D eigenvalue weighted by Crippen LogP contribution is -2.23. The number of hydrogen-bond acceptors (Lipinski definition) is 2. The summed E-state index contributed by atoms with van der Waals surface area (Å²) in [5.41, 5.74) is -0.738. The van der Waals surface area contributed by atoms with Gasteiger partial charge in [0.25, 0.3) is 0 Å². The molecule has 1 fully saturated rings. The topological polar surface area (TPSA) is 24.9 Å². The standard InChI is InChI=1S/C13H15BrClF3N2/c14-9-5-11(13(16,17)18)12(20-7-9)19-6-8-1-3-10(15)4-2-8/h5,7-8,10H,1-4,6H2,(H,19,20). The van der Waals surface area contributed by atoms with E-state index < -0.39 is 11.7 Å². The second kappa shape index (κ2) is 6.52. The van der Waals surface area contributed by atoms with E-state index in [1.165, 1.54) is 6.20 Å². The molecular weight excluding hydrogens is 357 g/mol.